The maximum atomic E-state index is 13.8. The molecule has 1 aliphatic heterocycles. The summed E-state index contributed by atoms with van der Waals surface area (Å²) in [4.78, 5) is 26.9. The maximum absolute atomic E-state index is 13.8. The van der Waals surface area contributed by atoms with Crippen LogP contribution in [0.25, 0.3) is 11.3 Å². The van der Waals surface area contributed by atoms with Crippen LogP contribution in [0.1, 0.15) is 64.0 Å². The van der Waals surface area contributed by atoms with Crippen molar-refractivity contribution in [1.82, 2.24) is 15.4 Å². The Bertz CT molecular complexity index is 904. The molecule has 2 amide bonds. The summed E-state index contributed by atoms with van der Waals surface area (Å²) in [5.74, 6) is 0.542. The third-order valence-electron chi connectivity index (χ3n) is 4.68. The highest BCUT2D eigenvalue weighted by molar-refractivity contribution is 5.97. The number of benzene rings is 1. The van der Waals surface area contributed by atoms with Crippen LogP contribution in [0, 0.1) is 24.6 Å². The molecular weight excluding hydrogens is 397 g/mol. The van der Waals surface area contributed by atoms with Gasteiger partial charge in [0.15, 0.2) is 11.5 Å². The first-order valence-corrected chi connectivity index (χ1v) is 10.8. The highest BCUT2D eigenvalue weighted by Crippen LogP contribution is 2.25. The number of aryl methyl sites for hydroxylation is 1. The van der Waals surface area contributed by atoms with E-state index in [0.717, 1.165) is 5.92 Å². The normalized spacial score (nSPS) is 18.6. The van der Waals surface area contributed by atoms with Crippen LogP contribution >= 0.6 is 0 Å². The van der Waals surface area contributed by atoms with E-state index in [-0.39, 0.29) is 35.3 Å². The Labute approximate surface area is 184 Å². The Kier molecular flexibility index (Phi) is 8.36. The lowest BCUT2D eigenvalue weighted by molar-refractivity contribution is -0.129. The minimum Gasteiger partial charge on any atom is -0.355 e. The number of rotatable bonds is 4. The number of hydrogen-bond donors (Lipinski definition) is 1. The van der Waals surface area contributed by atoms with E-state index in [1.807, 2.05) is 20.8 Å². The van der Waals surface area contributed by atoms with Gasteiger partial charge in [-0.1, -0.05) is 51.9 Å². The van der Waals surface area contributed by atoms with Crippen LogP contribution < -0.4 is 5.32 Å². The number of nitrogens with zero attached hydrogens (tertiary/aromatic N) is 2. The Balaban J connectivity index is 0.000000785. The van der Waals surface area contributed by atoms with Gasteiger partial charge in [0.05, 0.1) is 0 Å². The number of amides is 2. The van der Waals surface area contributed by atoms with E-state index < -0.39 is 6.04 Å². The van der Waals surface area contributed by atoms with Crippen molar-refractivity contribution >= 4 is 11.8 Å². The van der Waals surface area contributed by atoms with Crippen molar-refractivity contribution in [3.63, 3.8) is 0 Å². The first kappa shape index (κ1) is 24.6. The second kappa shape index (κ2) is 10.6. The fourth-order valence-electron chi connectivity index (χ4n) is 3.26. The largest absolute Gasteiger partial charge is 0.355 e. The summed E-state index contributed by atoms with van der Waals surface area (Å²) in [5.41, 5.74) is 1.15. The van der Waals surface area contributed by atoms with Gasteiger partial charge in [0.1, 0.15) is 11.9 Å². The number of carbonyl (C=O) groups is 2. The van der Waals surface area contributed by atoms with E-state index in [1.165, 1.54) is 12.1 Å². The number of nitrogens with one attached hydrogen (secondary N) is 1. The van der Waals surface area contributed by atoms with Gasteiger partial charge in [-0.05, 0) is 43.7 Å². The third-order valence-corrected chi connectivity index (χ3v) is 4.68. The number of hydrogen-bond acceptors (Lipinski definition) is 4. The van der Waals surface area contributed by atoms with Crippen LogP contribution in [0.5, 0.6) is 0 Å². The summed E-state index contributed by atoms with van der Waals surface area (Å²) in [6.45, 7) is 14.4. The minimum atomic E-state index is -0.536. The fourth-order valence-corrected chi connectivity index (χ4v) is 3.26. The lowest BCUT2D eigenvalue weighted by Crippen LogP contribution is -2.61. The second-order valence-electron chi connectivity index (χ2n) is 9.28. The SMILES string of the molecule is CC(C)C.Cc1ccc(-c2cc(C(=O)N3CC(C)NC(=O)C3CC(C)C)no2)cc1F. The molecule has 7 heteroatoms. The Morgan fingerprint density at radius 1 is 1.26 bits per heavy atom. The Hall–Kier alpha value is -2.70. The van der Waals surface area contributed by atoms with E-state index in [9.17, 15) is 14.0 Å². The molecule has 1 aliphatic rings. The van der Waals surface area contributed by atoms with Gasteiger partial charge < -0.3 is 14.7 Å². The number of carbonyl (C=O) groups excluding carboxylic acids is 2. The number of aromatic nitrogens is 1. The molecule has 1 saturated heterocycles. The van der Waals surface area contributed by atoms with E-state index in [2.05, 4.69) is 31.2 Å². The van der Waals surface area contributed by atoms with Gasteiger partial charge in [0.2, 0.25) is 5.91 Å². The van der Waals surface area contributed by atoms with Crippen LogP contribution in [0.2, 0.25) is 0 Å². The Morgan fingerprint density at radius 3 is 2.48 bits per heavy atom. The molecule has 2 aromatic rings. The lowest BCUT2D eigenvalue weighted by atomic mass is 9.98. The van der Waals surface area contributed by atoms with Gasteiger partial charge in [0, 0.05) is 24.2 Å². The van der Waals surface area contributed by atoms with Crippen molar-refractivity contribution in [3.05, 3.63) is 41.3 Å². The zero-order chi connectivity index (χ0) is 23.3. The molecule has 2 atom stereocenters. The quantitative estimate of drug-likeness (QED) is 0.753. The summed E-state index contributed by atoms with van der Waals surface area (Å²) in [6.07, 6.45) is 0.568. The monoisotopic (exact) mass is 431 g/mol. The molecule has 170 valence electrons. The van der Waals surface area contributed by atoms with Crippen LogP contribution in [-0.2, 0) is 4.79 Å². The lowest BCUT2D eigenvalue weighted by Gasteiger charge is -2.38. The molecule has 1 N–H and O–H groups in total. The van der Waals surface area contributed by atoms with E-state index in [4.69, 9.17) is 4.52 Å². The molecule has 0 aliphatic carbocycles. The molecule has 3 rings (SSSR count). The molecule has 2 heterocycles. The molecular formula is C24H34FN3O3. The molecule has 0 spiro atoms. The zero-order valence-electron chi connectivity index (χ0n) is 19.5. The number of piperazine rings is 1. The number of halogens is 1. The van der Waals surface area contributed by atoms with Crippen molar-refractivity contribution in [2.75, 3.05) is 6.54 Å². The molecule has 31 heavy (non-hydrogen) atoms. The topological polar surface area (TPSA) is 75.4 Å². The summed E-state index contributed by atoms with van der Waals surface area (Å²) in [5, 5.41) is 6.76. The molecule has 6 nitrogen and oxygen atoms in total. The maximum Gasteiger partial charge on any atom is 0.276 e. The van der Waals surface area contributed by atoms with Crippen LogP contribution in [0.15, 0.2) is 28.8 Å². The van der Waals surface area contributed by atoms with Gasteiger partial charge in [-0.25, -0.2) is 4.39 Å². The zero-order valence-corrected chi connectivity index (χ0v) is 19.5. The van der Waals surface area contributed by atoms with Crippen LogP contribution in [-0.4, -0.2) is 40.5 Å². The van der Waals surface area contributed by atoms with Gasteiger partial charge in [-0.2, -0.15) is 0 Å². The first-order chi connectivity index (χ1) is 14.5. The Morgan fingerprint density at radius 2 is 1.90 bits per heavy atom. The predicted molar refractivity (Wildman–Crippen MR) is 119 cm³/mol. The molecule has 1 fully saturated rings. The van der Waals surface area contributed by atoms with Gasteiger partial charge >= 0.3 is 0 Å². The van der Waals surface area contributed by atoms with E-state index >= 15 is 0 Å². The average molecular weight is 432 g/mol. The van der Waals surface area contributed by atoms with Crippen molar-refractivity contribution in [1.29, 1.82) is 0 Å². The minimum absolute atomic E-state index is 0.113. The van der Waals surface area contributed by atoms with Crippen molar-refractivity contribution in [2.24, 2.45) is 11.8 Å². The van der Waals surface area contributed by atoms with Crippen molar-refractivity contribution in [2.45, 2.75) is 67.0 Å². The third kappa shape index (κ3) is 6.64. The smallest absolute Gasteiger partial charge is 0.276 e. The van der Waals surface area contributed by atoms with Crippen LogP contribution in [0.4, 0.5) is 4.39 Å². The van der Waals surface area contributed by atoms with Gasteiger partial charge in [-0.3, -0.25) is 9.59 Å². The average Bonchev–Trinajstić information content (AvgIpc) is 3.15. The standard InChI is InChI=1S/C20H24FN3O3.C4H10/c1-11(2)7-17-19(25)22-13(4)10-24(17)20(26)16-9-18(27-23-16)14-6-5-12(3)15(21)8-14;1-4(2)3/h5-6,8-9,11,13,17H,7,10H2,1-4H3,(H,22,25);4H,1-3H3. The summed E-state index contributed by atoms with van der Waals surface area (Å²) >= 11 is 0. The molecule has 1 aromatic carbocycles. The van der Waals surface area contributed by atoms with Crippen molar-refractivity contribution in [3.8, 4) is 11.3 Å². The first-order valence-electron chi connectivity index (χ1n) is 10.8. The fraction of sp³-hybridized carbons (Fsp3) is 0.542. The van der Waals surface area contributed by atoms with Crippen molar-refractivity contribution < 1.29 is 18.5 Å². The molecule has 2 unspecified atom stereocenters. The van der Waals surface area contributed by atoms with Gasteiger partial charge in [-0.15, -0.1) is 0 Å². The molecule has 0 bridgehead atoms. The molecule has 0 radical (unpaired) electrons. The van der Waals surface area contributed by atoms with E-state index in [0.29, 0.717) is 29.9 Å². The predicted octanol–water partition coefficient (Wildman–Crippen LogP) is 4.83. The van der Waals surface area contributed by atoms with Gasteiger partial charge in [0.25, 0.3) is 5.91 Å². The highest BCUT2D eigenvalue weighted by atomic mass is 19.1. The summed E-state index contributed by atoms with van der Waals surface area (Å²) in [7, 11) is 0. The second-order valence-corrected chi connectivity index (χ2v) is 9.28. The molecule has 1 aromatic heterocycles. The molecule has 0 saturated carbocycles. The summed E-state index contributed by atoms with van der Waals surface area (Å²) in [6, 6.07) is 5.53. The summed E-state index contributed by atoms with van der Waals surface area (Å²) < 4.78 is 19.1. The van der Waals surface area contributed by atoms with Crippen LogP contribution in [0.3, 0.4) is 0 Å². The highest BCUT2D eigenvalue weighted by Gasteiger charge is 2.37. The van der Waals surface area contributed by atoms with E-state index in [1.54, 1.807) is 24.0 Å².